The maximum absolute atomic E-state index is 11.4. The number of carbonyl (C=O) groups is 1. The first-order valence-electron chi connectivity index (χ1n) is 8.31. The normalized spacial score (nSPS) is 35.5. The summed E-state index contributed by atoms with van der Waals surface area (Å²) in [6.45, 7) is 6.43. The van der Waals surface area contributed by atoms with Crippen LogP contribution in [0.4, 0.5) is 0 Å². The number of hydrogen-bond acceptors (Lipinski definition) is 4. The summed E-state index contributed by atoms with van der Waals surface area (Å²) in [6.07, 6.45) is 5.75. The van der Waals surface area contributed by atoms with Gasteiger partial charge in [-0.25, -0.2) is 0 Å². The highest BCUT2D eigenvalue weighted by atomic mass is 16.5. The number of amides is 1. The van der Waals surface area contributed by atoms with Crippen LogP contribution >= 0.6 is 0 Å². The molecular formula is C16H28N2O3. The molecule has 0 aromatic carbocycles. The maximum Gasteiger partial charge on any atom is 0.219 e. The summed E-state index contributed by atoms with van der Waals surface area (Å²) >= 11 is 0. The fourth-order valence-electron chi connectivity index (χ4n) is 4.30. The van der Waals surface area contributed by atoms with Gasteiger partial charge in [0.2, 0.25) is 5.91 Å². The molecule has 1 spiro atoms. The fourth-order valence-corrected chi connectivity index (χ4v) is 4.30. The van der Waals surface area contributed by atoms with Gasteiger partial charge in [-0.05, 0) is 32.1 Å². The van der Waals surface area contributed by atoms with E-state index in [2.05, 4.69) is 4.90 Å². The minimum Gasteiger partial charge on any atom is -0.377 e. The predicted molar refractivity (Wildman–Crippen MR) is 80.2 cm³/mol. The molecule has 0 N–H and O–H groups in total. The van der Waals surface area contributed by atoms with Crippen LogP contribution < -0.4 is 0 Å². The van der Waals surface area contributed by atoms with Gasteiger partial charge in [0.05, 0.1) is 11.7 Å². The molecular weight excluding hydrogens is 268 g/mol. The summed E-state index contributed by atoms with van der Waals surface area (Å²) in [5.74, 6) is 0.208. The second-order valence-electron chi connectivity index (χ2n) is 6.72. The molecule has 0 aromatic rings. The van der Waals surface area contributed by atoms with Crippen molar-refractivity contribution < 1.29 is 14.3 Å². The van der Waals surface area contributed by atoms with Crippen molar-refractivity contribution in [2.75, 3.05) is 39.9 Å². The summed E-state index contributed by atoms with van der Waals surface area (Å²) < 4.78 is 11.8. The standard InChI is InChI=1S/C16H28N2O3/c1-13(19)17-8-4-14(5-9-17)18-10-7-16(6-3-11-21-16)15(12-18)20-2/h14-15H,3-12H2,1-2H3/t15-,16-/m0/s1. The molecule has 0 unspecified atom stereocenters. The predicted octanol–water partition coefficient (Wildman–Crippen LogP) is 1.27. The molecule has 3 fully saturated rings. The van der Waals surface area contributed by atoms with E-state index in [0.717, 1.165) is 64.9 Å². The quantitative estimate of drug-likeness (QED) is 0.769. The first kappa shape index (κ1) is 15.3. The van der Waals surface area contributed by atoms with E-state index in [9.17, 15) is 4.79 Å². The Morgan fingerprint density at radius 3 is 2.57 bits per heavy atom. The minimum atomic E-state index is -0.0225. The van der Waals surface area contributed by atoms with Crippen LogP contribution in [0.5, 0.6) is 0 Å². The smallest absolute Gasteiger partial charge is 0.219 e. The average molecular weight is 296 g/mol. The van der Waals surface area contributed by atoms with Crippen LogP contribution in [-0.2, 0) is 14.3 Å². The average Bonchev–Trinajstić information content (AvgIpc) is 2.97. The Bertz CT molecular complexity index is 374. The zero-order chi connectivity index (χ0) is 14.9. The van der Waals surface area contributed by atoms with E-state index in [1.807, 2.05) is 12.0 Å². The van der Waals surface area contributed by atoms with Crippen molar-refractivity contribution in [1.82, 2.24) is 9.80 Å². The van der Waals surface area contributed by atoms with Crippen molar-refractivity contribution in [3.63, 3.8) is 0 Å². The van der Waals surface area contributed by atoms with Gasteiger partial charge in [-0.2, -0.15) is 0 Å². The number of piperidine rings is 2. The van der Waals surface area contributed by atoms with Crippen molar-refractivity contribution in [2.24, 2.45) is 0 Å². The van der Waals surface area contributed by atoms with E-state index < -0.39 is 0 Å². The summed E-state index contributed by atoms with van der Waals surface area (Å²) in [5, 5.41) is 0. The van der Waals surface area contributed by atoms with Crippen molar-refractivity contribution >= 4 is 5.91 Å². The Balaban J connectivity index is 1.57. The van der Waals surface area contributed by atoms with Crippen LogP contribution in [0.1, 0.15) is 39.0 Å². The molecule has 0 radical (unpaired) electrons. The lowest BCUT2D eigenvalue weighted by Crippen LogP contribution is -2.59. The van der Waals surface area contributed by atoms with E-state index in [-0.39, 0.29) is 17.6 Å². The number of hydrogen-bond donors (Lipinski definition) is 0. The van der Waals surface area contributed by atoms with Crippen molar-refractivity contribution in [3.8, 4) is 0 Å². The lowest BCUT2D eigenvalue weighted by molar-refractivity contribution is -0.150. The maximum atomic E-state index is 11.4. The first-order valence-corrected chi connectivity index (χ1v) is 8.31. The largest absolute Gasteiger partial charge is 0.377 e. The number of likely N-dealkylation sites (tertiary alicyclic amines) is 2. The number of rotatable bonds is 2. The SMILES string of the molecule is CO[C@H]1CN(C2CCN(C(C)=O)CC2)CC[C@@]12CCCO2. The second-order valence-corrected chi connectivity index (χ2v) is 6.72. The minimum absolute atomic E-state index is 0.0225. The van der Waals surface area contributed by atoms with E-state index in [0.29, 0.717) is 6.04 Å². The van der Waals surface area contributed by atoms with Gasteiger partial charge < -0.3 is 14.4 Å². The van der Waals surface area contributed by atoms with Crippen LogP contribution in [0.3, 0.4) is 0 Å². The summed E-state index contributed by atoms with van der Waals surface area (Å²) in [6, 6.07) is 0.594. The third-order valence-corrected chi connectivity index (χ3v) is 5.65. The van der Waals surface area contributed by atoms with Crippen LogP contribution in [0.25, 0.3) is 0 Å². The third kappa shape index (κ3) is 2.96. The van der Waals surface area contributed by atoms with Crippen LogP contribution in [0, 0.1) is 0 Å². The van der Waals surface area contributed by atoms with Gasteiger partial charge >= 0.3 is 0 Å². The van der Waals surface area contributed by atoms with Crippen LogP contribution in [0.2, 0.25) is 0 Å². The Labute approximate surface area is 127 Å². The summed E-state index contributed by atoms with van der Waals surface area (Å²) in [5.41, 5.74) is -0.0225. The molecule has 3 rings (SSSR count). The van der Waals surface area contributed by atoms with Crippen molar-refractivity contribution in [3.05, 3.63) is 0 Å². The Kier molecular flexibility index (Phi) is 4.52. The lowest BCUT2D eigenvalue weighted by atomic mass is 9.84. The fraction of sp³-hybridized carbons (Fsp3) is 0.938. The zero-order valence-electron chi connectivity index (χ0n) is 13.3. The van der Waals surface area contributed by atoms with Gasteiger partial charge in [0, 0.05) is 52.9 Å². The molecule has 5 nitrogen and oxygen atoms in total. The van der Waals surface area contributed by atoms with Crippen molar-refractivity contribution in [2.45, 2.75) is 56.8 Å². The molecule has 0 aliphatic carbocycles. The molecule has 2 atom stereocenters. The molecule has 0 saturated carbocycles. The molecule has 21 heavy (non-hydrogen) atoms. The van der Waals surface area contributed by atoms with Gasteiger partial charge in [0.1, 0.15) is 0 Å². The number of methoxy groups -OCH3 is 1. The Hall–Kier alpha value is -0.650. The van der Waals surface area contributed by atoms with E-state index >= 15 is 0 Å². The molecule has 120 valence electrons. The highest BCUT2D eigenvalue weighted by Gasteiger charge is 2.47. The van der Waals surface area contributed by atoms with Crippen molar-refractivity contribution in [1.29, 1.82) is 0 Å². The number of carbonyl (C=O) groups excluding carboxylic acids is 1. The molecule has 3 aliphatic heterocycles. The molecule has 3 saturated heterocycles. The van der Waals surface area contributed by atoms with E-state index in [1.54, 1.807) is 6.92 Å². The van der Waals surface area contributed by atoms with E-state index in [1.165, 1.54) is 0 Å². The van der Waals surface area contributed by atoms with Gasteiger partial charge in [0.25, 0.3) is 0 Å². The first-order chi connectivity index (χ1) is 10.1. The van der Waals surface area contributed by atoms with Gasteiger partial charge in [0.15, 0.2) is 0 Å². The Morgan fingerprint density at radius 2 is 2.00 bits per heavy atom. The monoisotopic (exact) mass is 296 g/mol. The molecule has 0 bridgehead atoms. The molecule has 3 aliphatic rings. The summed E-state index contributed by atoms with van der Waals surface area (Å²) in [4.78, 5) is 16.0. The number of nitrogens with zero attached hydrogens (tertiary/aromatic N) is 2. The molecule has 5 heteroatoms. The van der Waals surface area contributed by atoms with Gasteiger partial charge in [-0.1, -0.05) is 0 Å². The lowest BCUT2D eigenvalue weighted by Gasteiger charge is -2.48. The van der Waals surface area contributed by atoms with E-state index in [4.69, 9.17) is 9.47 Å². The Morgan fingerprint density at radius 1 is 1.24 bits per heavy atom. The highest BCUT2D eigenvalue weighted by molar-refractivity contribution is 5.73. The summed E-state index contributed by atoms with van der Waals surface area (Å²) in [7, 11) is 1.82. The molecule has 1 amide bonds. The van der Waals surface area contributed by atoms with Gasteiger partial charge in [-0.15, -0.1) is 0 Å². The molecule has 0 aromatic heterocycles. The highest BCUT2D eigenvalue weighted by Crippen LogP contribution is 2.38. The second kappa shape index (κ2) is 6.23. The van der Waals surface area contributed by atoms with Gasteiger partial charge in [-0.3, -0.25) is 9.69 Å². The van der Waals surface area contributed by atoms with Crippen LogP contribution in [0.15, 0.2) is 0 Å². The third-order valence-electron chi connectivity index (χ3n) is 5.65. The topological polar surface area (TPSA) is 42.0 Å². The number of ether oxygens (including phenoxy) is 2. The van der Waals surface area contributed by atoms with Crippen LogP contribution in [-0.4, -0.2) is 73.3 Å². The molecule has 3 heterocycles. The zero-order valence-corrected chi connectivity index (χ0v) is 13.3.